The van der Waals surface area contributed by atoms with E-state index in [1.54, 1.807) is 6.20 Å². The van der Waals surface area contributed by atoms with E-state index in [2.05, 4.69) is 15.4 Å². The molecule has 134 valence electrons. The Morgan fingerprint density at radius 2 is 1.93 bits per heavy atom. The van der Waals surface area contributed by atoms with Gasteiger partial charge in [-0.3, -0.25) is 14.6 Å². The molecule has 1 aliphatic rings. The largest absolute Gasteiger partial charge is 0.319 e. The molecule has 0 saturated heterocycles. The normalized spacial score (nSPS) is 14.2. The quantitative estimate of drug-likeness (QED) is 0.776. The van der Waals surface area contributed by atoms with Crippen molar-refractivity contribution >= 4 is 39.8 Å². The van der Waals surface area contributed by atoms with Gasteiger partial charge in [-0.25, -0.2) is 5.01 Å². The summed E-state index contributed by atoms with van der Waals surface area (Å²) >= 11 is 0. The molecule has 0 atom stereocenters. The van der Waals surface area contributed by atoms with Crippen LogP contribution in [-0.4, -0.2) is 22.5 Å². The van der Waals surface area contributed by atoms with Gasteiger partial charge in [0.2, 0.25) is 5.91 Å². The predicted molar refractivity (Wildman–Crippen MR) is 106 cm³/mol. The van der Waals surface area contributed by atoms with Gasteiger partial charge in [0.1, 0.15) is 5.71 Å². The molecule has 4 rings (SSSR count). The lowest BCUT2D eigenvalue weighted by molar-refractivity contribution is -0.118. The number of aromatic nitrogens is 1. The van der Waals surface area contributed by atoms with Crippen LogP contribution in [0.25, 0.3) is 10.9 Å². The molecule has 0 bridgehead atoms. The van der Waals surface area contributed by atoms with Gasteiger partial charge >= 0.3 is 0 Å². The molecule has 1 N–H and O–H groups in total. The number of carbonyl (C=O) groups excluding carboxylic acids is 2. The number of amides is 2. The topological polar surface area (TPSA) is 74.7 Å². The summed E-state index contributed by atoms with van der Waals surface area (Å²) in [6, 6.07) is 17.1. The van der Waals surface area contributed by atoms with Gasteiger partial charge in [-0.05, 0) is 36.8 Å². The van der Waals surface area contributed by atoms with Crippen molar-refractivity contribution in [3.63, 3.8) is 0 Å². The second-order valence-corrected chi connectivity index (χ2v) is 6.46. The molecular formula is C21H18N4O2. The summed E-state index contributed by atoms with van der Waals surface area (Å²) in [6.07, 6.45) is 2.18. The Morgan fingerprint density at radius 1 is 1.07 bits per heavy atom. The molecule has 2 heterocycles. The van der Waals surface area contributed by atoms with Gasteiger partial charge in [0.15, 0.2) is 0 Å². The van der Waals surface area contributed by atoms with Crippen LogP contribution in [0.15, 0.2) is 65.9 Å². The fourth-order valence-electron chi connectivity index (χ4n) is 3.02. The van der Waals surface area contributed by atoms with Crippen LogP contribution in [0, 0.1) is 6.92 Å². The molecular weight excluding hydrogens is 340 g/mol. The highest BCUT2D eigenvalue weighted by Crippen LogP contribution is 2.22. The second kappa shape index (κ2) is 6.99. The molecule has 6 nitrogen and oxygen atoms in total. The smallest absolute Gasteiger partial charge is 0.271 e. The van der Waals surface area contributed by atoms with Crippen molar-refractivity contribution in [1.82, 2.24) is 4.98 Å². The Hall–Kier alpha value is -3.54. The SMILES string of the molecule is Cc1cccc(N2N=C(C(=O)Nc3cnc4ccccc4c3)CCC2=O)c1. The first-order valence-electron chi connectivity index (χ1n) is 8.73. The van der Waals surface area contributed by atoms with Gasteiger partial charge in [-0.1, -0.05) is 30.3 Å². The number of rotatable bonds is 3. The van der Waals surface area contributed by atoms with E-state index in [1.807, 2.05) is 61.5 Å². The highest BCUT2D eigenvalue weighted by atomic mass is 16.2. The maximum Gasteiger partial charge on any atom is 0.271 e. The third kappa shape index (κ3) is 3.55. The van der Waals surface area contributed by atoms with Crippen molar-refractivity contribution in [2.24, 2.45) is 5.10 Å². The minimum Gasteiger partial charge on any atom is -0.319 e. The number of fused-ring (bicyclic) bond motifs is 1. The average molecular weight is 358 g/mol. The molecule has 0 aliphatic carbocycles. The van der Waals surface area contributed by atoms with Crippen LogP contribution in [0.1, 0.15) is 18.4 Å². The van der Waals surface area contributed by atoms with Crippen molar-refractivity contribution in [1.29, 1.82) is 0 Å². The third-order valence-corrected chi connectivity index (χ3v) is 4.39. The predicted octanol–water partition coefficient (Wildman–Crippen LogP) is 3.66. The van der Waals surface area contributed by atoms with Gasteiger partial charge in [-0.15, -0.1) is 0 Å². The fraction of sp³-hybridized carbons (Fsp3) is 0.143. The van der Waals surface area contributed by atoms with Crippen molar-refractivity contribution in [3.8, 4) is 0 Å². The first kappa shape index (κ1) is 16.9. The summed E-state index contributed by atoms with van der Waals surface area (Å²) in [5.41, 5.74) is 3.47. The molecule has 0 saturated carbocycles. The lowest BCUT2D eigenvalue weighted by Gasteiger charge is -2.23. The van der Waals surface area contributed by atoms with E-state index >= 15 is 0 Å². The van der Waals surface area contributed by atoms with Crippen LogP contribution in [0.5, 0.6) is 0 Å². The number of anilines is 2. The number of carbonyl (C=O) groups is 2. The van der Waals surface area contributed by atoms with E-state index in [4.69, 9.17) is 0 Å². The van der Waals surface area contributed by atoms with Crippen LogP contribution in [0.4, 0.5) is 11.4 Å². The van der Waals surface area contributed by atoms with Gasteiger partial charge < -0.3 is 5.32 Å². The summed E-state index contributed by atoms with van der Waals surface area (Å²) in [4.78, 5) is 29.2. The Morgan fingerprint density at radius 3 is 2.78 bits per heavy atom. The summed E-state index contributed by atoms with van der Waals surface area (Å²) < 4.78 is 0. The number of hydrogen-bond donors (Lipinski definition) is 1. The maximum absolute atomic E-state index is 12.6. The number of pyridine rings is 1. The molecule has 1 aromatic heterocycles. The second-order valence-electron chi connectivity index (χ2n) is 6.46. The number of hydrazone groups is 1. The van der Waals surface area contributed by atoms with Gasteiger partial charge in [0.05, 0.1) is 23.1 Å². The molecule has 2 amide bonds. The minimum atomic E-state index is -0.322. The van der Waals surface area contributed by atoms with E-state index < -0.39 is 0 Å². The number of aryl methyl sites for hydroxylation is 1. The van der Waals surface area contributed by atoms with Crippen molar-refractivity contribution in [2.45, 2.75) is 19.8 Å². The summed E-state index contributed by atoms with van der Waals surface area (Å²) in [5.74, 6) is -0.443. The summed E-state index contributed by atoms with van der Waals surface area (Å²) in [5, 5.41) is 9.38. The molecule has 1 aliphatic heterocycles. The number of nitrogens with zero attached hydrogens (tertiary/aromatic N) is 3. The van der Waals surface area contributed by atoms with Crippen LogP contribution in [0.2, 0.25) is 0 Å². The zero-order valence-electron chi connectivity index (χ0n) is 14.8. The number of hydrogen-bond acceptors (Lipinski definition) is 4. The lowest BCUT2D eigenvalue weighted by atomic mass is 10.1. The Bertz CT molecular complexity index is 1070. The van der Waals surface area contributed by atoms with E-state index in [-0.39, 0.29) is 18.2 Å². The Balaban J connectivity index is 1.58. The average Bonchev–Trinajstić information content (AvgIpc) is 2.68. The number of nitrogens with one attached hydrogen (secondary N) is 1. The maximum atomic E-state index is 12.6. The first-order chi connectivity index (χ1) is 13.1. The van der Waals surface area contributed by atoms with E-state index in [0.717, 1.165) is 16.5 Å². The highest BCUT2D eigenvalue weighted by Gasteiger charge is 2.25. The van der Waals surface area contributed by atoms with Crippen LogP contribution < -0.4 is 10.3 Å². The van der Waals surface area contributed by atoms with Gasteiger partial charge in [0.25, 0.3) is 5.91 Å². The molecule has 3 aromatic rings. The van der Waals surface area contributed by atoms with Crippen molar-refractivity contribution in [2.75, 3.05) is 10.3 Å². The van der Waals surface area contributed by atoms with Crippen molar-refractivity contribution < 1.29 is 9.59 Å². The van der Waals surface area contributed by atoms with E-state index in [0.29, 0.717) is 23.5 Å². The molecule has 6 heteroatoms. The monoisotopic (exact) mass is 358 g/mol. The molecule has 27 heavy (non-hydrogen) atoms. The first-order valence-corrected chi connectivity index (χ1v) is 8.73. The Kier molecular flexibility index (Phi) is 4.38. The van der Waals surface area contributed by atoms with Crippen LogP contribution >= 0.6 is 0 Å². The fourth-order valence-corrected chi connectivity index (χ4v) is 3.02. The standard InChI is InChI=1S/C21H18N4O2/c1-14-5-4-7-17(11-14)25-20(26)10-9-19(24-25)21(27)23-16-12-15-6-2-3-8-18(15)22-13-16/h2-8,11-13H,9-10H2,1H3,(H,23,27). The molecule has 0 spiro atoms. The highest BCUT2D eigenvalue weighted by molar-refractivity contribution is 6.44. The molecule has 0 radical (unpaired) electrons. The zero-order chi connectivity index (χ0) is 18.8. The van der Waals surface area contributed by atoms with Crippen molar-refractivity contribution in [3.05, 3.63) is 66.4 Å². The van der Waals surface area contributed by atoms with Crippen LogP contribution in [0.3, 0.4) is 0 Å². The molecule has 2 aromatic carbocycles. The summed E-state index contributed by atoms with van der Waals surface area (Å²) in [7, 11) is 0. The molecule has 0 unspecified atom stereocenters. The van der Waals surface area contributed by atoms with Crippen LogP contribution in [-0.2, 0) is 9.59 Å². The van der Waals surface area contributed by atoms with Gasteiger partial charge in [0, 0.05) is 18.2 Å². The van der Waals surface area contributed by atoms with E-state index in [1.165, 1.54) is 5.01 Å². The summed E-state index contributed by atoms with van der Waals surface area (Å²) in [6.45, 7) is 1.95. The number of para-hydroxylation sites is 1. The van der Waals surface area contributed by atoms with E-state index in [9.17, 15) is 9.59 Å². The molecule has 0 fully saturated rings. The third-order valence-electron chi connectivity index (χ3n) is 4.39. The lowest BCUT2D eigenvalue weighted by Crippen LogP contribution is -2.36. The Labute approximate surface area is 156 Å². The zero-order valence-corrected chi connectivity index (χ0v) is 14.8. The van der Waals surface area contributed by atoms with Gasteiger partial charge in [-0.2, -0.15) is 5.10 Å². The number of benzene rings is 2. The minimum absolute atomic E-state index is 0.121.